The van der Waals surface area contributed by atoms with Crippen molar-refractivity contribution in [2.75, 3.05) is 27.4 Å². The number of hydrogen-bond donors (Lipinski definition) is 5. The molecule has 1 aromatic rings. The summed E-state index contributed by atoms with van der Waals surface area (Å²) in [5, 5.41) is 50.3. The number of fused-ring (bicyclic) bond motifs is 1. The van der Waals surface area contributed by atoms with Crippen molar-refractivity contribution in [1.82, 2.24) is 0 Å². The SMILES string of the molecule is COC1=CC(C(O)C(CO)Oc2ccc(CCCO)cc2OC)CC=C1OC1OC2OC2C(O)C1O. The smallest absolute Gasteiger partial charge is 0.231 e. The molecule has 0 radical (unpaired) electrons. The molecule has 36 heavy (non-hydrogen) atoms. The van der Waals surface area contributed by atoms with Crippen LogP contribution in [0.3, 0.4) is 0 Å². The van der Waals surface area contributed by atoms with Gasteiger partial charge in [-0.1, -0.05) is 6.07 Å². The molecule has 8 unspecified atom stereocenters. The number of aryl methyl sites for hydroxylation is 1. The van der Waals surface area contributed by atoms with E-state index < -0.39 is 55.6 Å². The highest BCUT2D eigenvalue weighted by molar-refractivity contribution is 5.43. The average molecular weight is 511 g/mol. The number of aliphatic hydroxyl groups is 5. The first-order valence-corrected chi connectivity index (χ1v) is 11.9. The summed E-state index contributed by atoms with van der Waals surface area (Å²) in [4.78, 5) is 0. The quantitative estimate of drug-likeness (QED) is 0.240. The van der Waals surface area contributed by atoms with E-state index in [1.807, 2.05) is 6.07 Å². The first-order chi connectivity index (χ1) is 17.4. The number of ether oxygens (including phenoxy) is 6. The molecule has 2 heterocycles. The van der Waals surface area contributed by atoms with Crippen LogP contribution in [0.5, 0.6) is 11.5 Å². The highest BCUT2D eigenvalue weighted by Crippen LogP contribution is 2.38. The van der Waals surface area contributed by atoms with Gasteiger partial charge in [0.25, 0.3) is 0 Å². The van der Waals surface area contributed by atoms with Crippen molar-refractivity contribution in [3.8, 4) is 11.5 Å². The highest BCUT2D eigenvalue weighted by Gasteiger charge is 2.57. The lowest BCUT2D eigenvalue weighted by Crippen LogP contribution is -2.48. The fraction of sp³-hybridized carbons (Fsp3) is 0.600. The van der Waals surface area contributed by atoms with Crippen molar-refractivity contribution < 1.29 is 54.0 Å². The fourth-order valence-corrected chi connectivity index (χ4v) is 4.35. The summed E-state index contributed by atoms with van der Waals surface area (Å²) in [7, 11) is 2.94. The maximum absolute atomic E-state index is 11.0. The number of allylic oxidation sites excluding steroid dienone is 1. The second kappa shape index (κ2) is 11.8. The van der Waals surface area contributed by atoms with Gasteiger partial charge in [0.2, 0.25) is 6.29 Å². The van der Waals surface area contributed by atoms with E-state index in [-0.39, 0.29) is 12.4 Å². The lowest BCUT2D eigenvalue weighted by Gasteiger charge is -2.33. The zero-order valence-electron chi connectivity index (χ0n) is 20.2. The number of methoxy groups -OCH3 is 2. The van der Waals surface area contributed by atoms with Crippen LogP contribution in [0.15, 0.2) is 41.9 Å². The molecular weight excluding hydrogens is 476 g/mol. The lowest BCUT2D eigenvalue weighted by atomic mass is 9.90. The third-order valence-corrected chi connectivity index (χ3v) is 6.49. The summed E-state index contributed by atoms with van der Waals surface area (Å²) < 4.78 is 33.1. The lowest BCUT2D eigenvalue weighted by molar-refractivity contribution is -0.228. The van der Waals surface area contributed by atoms with Crippen LogP contribution >= 0.6 is 0 Å². The van der Waals surface area contributed by atoms with Crippen molar-refractivity contribution in [1.29, 1.82) is 0 Å². The van der Waals surface area contributed by atoms with Crippen LogP contribution in [0.25, 0.3) is 0 Å². The van der Waals surface area contributed by atoms with Crippen molar-refractivity contribution in [2.45, 2.75) is 62.4 Å². The Kier molecular flexibility index (Phi) is 8.73. The molecule has 0 bridgehead atoms. The number of hydrogen-bond acceptors (Lipinski definition) is 11. The summed E-state index contributed by atoms with van der Waals surface area (Å²) in [5.41, 5.74) is 0.968. The minimum absolute atomic E-state index is 0.0878. The molecule has 0 amide bonds. The van der Waals surface area contributed by atoms with E-state index in [1.54, 1.807) is 24.3 Å². The summed E-state index contributed by atoms with van der Waals surface area (Å²) in [5.74, 6) is 0.948. The predicted octanol–water partition coefficient (Wildman–Crippen LogP) is -0.0256. The normalized spacial score (nSPS) is 30.9. The Balaban J connectivity index is 1.41. The average Bonchev–Trinajstić information content (AvgIpc) is 3.68. The Labute approximate surface area is 209 Å². The zero-order valence-corrected chi connectivity index (χ0v) is 20.2. The Morgan fingerprint density at radius 1 is 1.03 bits per heavy atom. The Morgan fingerprint density at radius 3 is 2.53 bits per heavy atom. The molecule has 2 saturated heterocycles. The standard InChI is InChI=1S/C25H34O11/c1-31-17-10-13(4-3-9-26)5-7-15(17)33-19(12-27)20(28)14-6-8-16(18(11-14)32-2)34-24-22(30)21(29)23-25(35-23)36-24/h5,7-8,10-11,14,19-30H,3-4,6,9,12H2,1-2H3. The van der Waals surface area contributed by atoms with E-state index in [1.165, 1.54) is 14.2 Å². The molecule has 1 aromatic carbocycles. The van der Waals surface area contributed by atoms with Crippen LogP contribution in [-0.4, -0.2) is 96.1 Å². The van der Waals surface area contributed by atoms with E-state index in [0.29, 0.717) is 36.5 Å². The first-order valence-electron chi connectivity index (χ1n) is 11.9. The second-order valence-corrected chi connectivity index (χ2v) is 8.92. The molecule has 11 nitrogen and oxygen atoms in total. The van der Waals surface area contributed by atoms with Gasteiger partial charge in [-0.15, -0.1) is 0 Å². The monoisotopic (exact) mass is 510 g/mol. The minimum Gasteiger partial charge on any atom is -0.493 e. The Morgan fingerprint density at radius 2 is 1.83 bits per heavy atom. The fourth-order valence-electron chi connectivity index (χ4n) is 4.35. The van der Waals surface area contributed by atoms with Gasteiger partial charge in [0.1, 0.15) is 24.4 Å². The number of epoxide rings is 1. The maximum Gasteiger partial charge on any atom is 0.231 e. The minimum atomic E-state index is -1.30. The van der Waals surface area contributed by atoms with Crippen LogP contribution in [0.1, 0.15) is 18.4 Å². The van der Waals surface area contributed by atoms with Crippen molar-refractivity contribution in [3.05, 3.63) is 47.4 Å². The molecule has 0 saturated carbocycles. The van der Waals surface area contributed by atoms with Crippen LogP contribution < -0.4 is 9.47 Å². The van der Waals surface area contributed by atoms with Gasteiger partial charge in [-0.25, -0.2) is 0 Å². The van der Waals surface area contributed by atoms with Gasteiger partial charge >= 0.3 is 0 Å². The molecule has 2 fully saturated rings. The molecule has 11 heteroatoms. The molecule has 8 atom stereocenters. The molecule has 0 aromatic heterocycles. The van der Waals surface area contributed by atoms with Crippen molar-refractivity contribution >= 4 is 0 Å². The summed E-state index contributed by atoms with van der Waals surface area (Å²) in [6.07, 6.45) is -1.83. The van der Waals surface area contributed by atoms with Crippen LogP contribution in [0.4, 0.5) is 0 Å². The van der Waals surface area contributed by atoms with Crippen molar-refractivity contribution in [2.24, 2.45) is 5.92 Å². The molecule has 4 rings (SSSR count). The van der Waals surface area contributed by atoms with Crippen molar-refractivity contribution in [3.63, 3.8) is 0 Å². The molecule has 0 spiro atoms. The van der Waals surface area contributed by atoms with E-state index in [4.69, 9.17) is 33.5 Å². The topological polar surface area (TPSA) is 160 Å². The zero-order chi connectivity index (χ0) is 25.8. The van der Waals surface area contributed by atoms with Gasteiger partial charge in [-0.3, -0.25) is 0 Å². The number of benzene rings is 1. The van der Waals surface area contributed by atoms with E-state index in [9.17, 15) is 20.4 Å². The molecule has 3 aliphatic rings. The number of aliphatic hydroxyl groups excluding tert-OH is 5. The summed E-state index contributed by atoms with van der Waals surface area (Å²) in [6.45, 7) is -0.358. The third-order valence-electron chi connectivity index (χ3n) is 6.49. The third kappa shape index (κ3) is 5.78. The Bertz CT molecular complexity index is 948. The molecule has 1 aliphatic carbocycles. The van der Waals surface area contributed by atoms with Gasteiger partial charge in [0.05, 0.1) is 26.9 Å². The largest absolute Gasteiger partial charge is 0.493 e. The second-order valence-electron chi connectivity index (χ2n) is 8.92. The van der Waals surface area contributed by atoms with Gasteiger partial charge in [-0.05, 0) is 49.1 Å². The molecular formula is C25H34O11. The van der Waals surface area contributed by atoms with Gasteiger partial charge in [0, 0.05) is 12.5 Å². The van der Waals surface area contributed by atoms with Crippen LogP contribution in [-0.2, 0) is 25.4 Å². The summed E-state index contributed by atoms with van der Waals surface area (Å²) in [6, 6.07) is 5.36. The number of rotatable bonds is 12. The van der Waals surface area contributed by atoms with Crippen LogP contribution in [0, 0.1) is 5.92 Å². The van der Waals surface area contributed by atoms with E-state index in [0.717, 1.165) is 5.56 Å². The molecule has 200 valence electrons. The van der Waals surface area contributed by atoms with Crippen LogP contribution in [0.2, 0.25) is 0 Å². The maximum atomic E-state index is 11.0. The molecule has 2 aliphatic heterocycles. The first kappa shape index (κ1) is 26.7. The summed E-state index contributed by atoms with van der Waals surface area (Å²) >= 11 is 0. The van der Waals surface area contributed by atoms with E-state index in [2.05, 4.69) is 0 Å². The van der Waals surface area contributed by atoms with E-state index >= 15 is 0 Å². The highest BCUT2D eigenvalue weighted by atomic mass is 16.8. The van der Waals surface area contributed by atoms with Gasteiger partial charge in [0.15, 0.2) is 29.3 Å². The van der Waals surface area contributed by atoms with Gasteiger partial charge in [-0.2, -0.15) is 0 Å². The predicted molar refractivity (Wildman–Crippen MR) is 124 cm³/mol. The Hall–Kier alpha value is -2.38. The molecule has 5 N–H and O–H groups in total. The van der Waals surface area contributed by atoms with Gasteiger partial charge < -0.3 is 54.0 Å².